The van der Waals surface area contributed by atoms with Gasteiger partial charge in [0, 0.05) is 6.20 Å². The summed E-state index contributed by atoms with van der Waals surface area (Å²) in [5, 5.41) is 0. The molecule has 3 heteroatoms. The predicted molar refractivity (Wildman–Crippen MR) is 89.6 cm³/mol. The molecule has 0 aliphatic heterocycles. The summed E-state index contributed by atoms with van der Waals surface area (Å²) in [6.07, 6.45) is 1.77. The Morgan fingerprint density at radius 2 is 1.77 bits per heavy atom. The van der Waals surface area contributed by atoms with Crippen molar-refractivity contribution >= 4 is 5.69 Å². The Labute approximate surface area is 130 Å². The zero-order valence-electron chi connectivity index (χ0n) is 12.5. The van der Waals surface area contributed by atoms with Crippen LogP contribution in [0.15, 0.2) is 66.9 Å². The van der Waals surface area contributed by atoms with Crippen LogP contribution in [0.1, 0.15) is 11.3 Å². The van der Waals surface area contributed by atoms with Crippen LogP contribution in [-0.4, -0.2) is 4.98 Å². The largest absolute Gasteiger partial charge is 0.485 e. The van der Waals surface area contributed by atoms with E-state index in [1.54, 1.807) is 6.20 Å². The molecule has 2 N–H and O–H groups in total. The van der Waals surface area contributed by atoms with Gasteiger partial charge in [-0.05, 0) is 41.8 Å². The summed E-state index contributed by atoms with van der Waals surface area (Å²) in [6, 6.07) is 20.0. The highest BCUT2D eigenvalue weighted by molar-refractivity contribution is 5.70. The molecule has 0 aliphatic rings. The van der Waals surface area contributed by atoms with Gasteiger partial charge < -0.3 is 10.5 Å². The standard InChI is InChI=1S/C19H18N2O/c1-14-6-5-11-21-18(14)13-22-19-10-9-16(12-17(19)20)15-7-3-2-4-8-15/h2-12H,13,20H2,1H3. The van der Waals surface area contributed by atoms with Gasteiger partial charge in [0.05, 0.1) is 11.4 Å². The van der Waals surface area contributed by atoms with E-state index in [2.05, 4.69) is 17.1 Å². The minimum absolute atomic E-state index is 0.418. The lowest BCUT2D eigenvalue weighted by atomic mass is 10.1. The molecule has 110 valence electrons. The summed E-state index contributed by atoms with van der Waals surface area (Å²) in [6.45, 7) is 2.44. The lowest BCUT2D eigenvalue weighted by Crippen LogP contribution is -2.02. The monoisotopic (exact) mass is 290 g/mol. The second kappa shape index (κ2) is 6.31. The van der Waals surface area contributed by atoms with E-state index in [1.165, 1.54) is 0 Å². The van der Waals surface area contributed by atoms with E-state index in [4.69, 9.17) is 10.5 Å². The molecule has 0 amide bonds. The van der Waals surface area contributed by atoms with Crippen molar-refractivity contribution in [1.82, 2.24) is 4.98 Å². The summed E-state index contributed by atoms with van der Waals surface area (Å²) >= 11 is 0. The van der Waals surface area contributed by atoms with Gasteiger partial charge >= 0.3 is 0 Å². The summed E-state index contributed by atoms with van der Waals surface area (Å²) in [5.41, 5.74) is 11.0. The van der Waals surface area contributed by atoms with Gasteiger partial charge in [-0.2, -0.15) is 0 Å². The number of nitrogens with two attached hydrogens (primary N) is 1. The maximum absolute atomic E-state index is 6.12. The first-order valence-corrected chi connectivity index (χ1v) is 7.22. The van der Waals surface area contributed by atoms with Crippen LogP contribution >= 0.6 is 0 Å². The fourth-order valence-electron chi connectivity index (χ4n) is 2.31. The maximum Gasteiger partial charge on any atom is 0.142 e. The van der Waals surface area contributed by atoms with Crippen LogP contribution in [-0.2, 0) is 6.61 Å². The molecule has 3 nitrogen and oxygen atoms in total. The van der Waals surface area contributed by atoms with Crippen molar-refractivity contribution in [3.63, 3.8) is 0 Å². The second-order valence-electron chi connectivity index (χ2n) is 5.17. The summed E-state index contributed by atoms with van der Waals surface area (Å²) in [5.74, 6) is 0.685. The number of nitrogens with zero attached hydrogens (tertiary/aromatic N) is 1. The van der Waals surface area contributed by atoms with Crippen LogP contribution in [0.3, 0.4) is 0 Å². The van der Waals surface area contributed by atoms with Gasteiger partial charge in [-0.25, -0.2) is 0 Å². The van der Waals surface area contributed by atoms with Crippen LogP contribution < -0.4 is 10.5 Å². The zero-order chi connectivity index (χ0) is 15.4. The molecule has 1 heterocycles. The van der Waals surface area contributed by atoms with Crippen LogP contribution in [0.5, 0.6) is 5.75 Å². The number of anilines is 1. The van der Waals surface area contributed by atoms with Gasteiger partial charge in [-0.3, -0.25) is 4.98 Å². The van der Waals surface area contributed by atoms with Gasteiger partial charge in [0.25, 0.3) is 0 Å². The fraction of sp³-hybridized carbons (Fsp3) is 0.105. The Bertz CT molecular complexity index is 769. The molecule has 0 unspecified atom stereocenters. The van der Waals surface area contributed by atoms with E-state index in [0.29, 0.717) is 18.0 Å². The Balaban J connectivity index is 1.77. The highest BCUT2D eigenvalue weighted by atomic mass is 16.5. The Morgan fingerprint density at radius 1 is 0.955 bits per heavy atom. The number of rotatable bonds is 4. The average molecular weight is 290 g/mol. The van der Waals surface area contributed by atoms with Crippen molar-refractivity contribution in [2.24, 2.45) is 0 Å². The number of aromatic nitrogens is 1. The van der Waals surface area contributed by atoms with Crippen LogP contribution in [0.25, 0.3) is 11.1 Å². The van der Waals surface area contributed by atoms with E-state index in [-0.39, 0.29) is 0 Å². The first-order valence-electron chi connectivity index (χ1n) is 7.22. The minimum atomic E-state index is 0.418. The Hall–Kier alpha value is -2.81. The number of pyridine rings is 1. The number of hydrogen-bond acceptors (Lipinski definition) is 3. The van der Waals surface area contributed by atoms with Gasteiger partial charge in [-0.1, -0.05) is 42.5 Å². The highest BCUT2D eigenvalue weighted by Crippen LogP contribution is 2.29. The van der Waals surface area contributed by atoms with E-state index < -0.39 is 0 Å². The van der Waals surface area contributed by atoms with E-state index in [1.807, 2.05) is 55.5 Å². The molecule has 3 rings (SSSR count). The molecule has 2 aromatic carbocycles. The molecule has 0 atom stereocenters. The number of hydrogen-bond donors (Lipinski definition) is 1. The molecule has 0 saturated heterocycles. The van der Waals surface area contributed by atoms with E-state index in [9.17, 15) is 0 Å². The van der Waals surface area contributed by atoms with Gasteiger partial charge in [0.2, 0.25) is 0 Å². The second-order valence-corrected chi connectivity index (χ2v) is 5.17. The van der Waals surface area contributed by atoms with Crippen LogP contribution in [0.4, 0.5) is 5.69 Å². The molecule has 3 aromatic rings. The lowest BCUT2D eigenvalue weighted by molar-refractivity contribution is 0.302. The van der Waals surface area contributed by atoms with Crippen molar-refractivity contribution in [2.45, 2.75) is 13.5 Å². The lowest BCUT2D eigenvalue weighted by Gasteiger charge is -2.11. The molecular formula is C19H18N2O. The maximum atomic E-state index is 6.12. The van der Waals surface area contributed by atoms with Crippen molar-refractivity contribution in [3.8, 4) is 16.9 Å². The third kappa shape index (κ3) is 3.09. The molecule has 0 spiro atoms. The molecule has 0 saturated carbocycles. The predicted octanol–water partition coefficient (Wildman–Crippen LogP) is 4.22. The van der Waals surface area contributed by atoms with Crippen molar-refractivity contribution < 1.29 is 4.74 Å². The average Bonchev–Trinajstić information content (AvgIpc) is 2.56. The molecule has 0 fully saturated rings. The third-order valence-electron chi connectivity index (χ3n) is 3.60. The molecular weight excluding hydrogens is 272 g/mol. The topological polar surface area (TPSA) is 48.1 Å². The molecule has 0 bridgehead atoms. The molecule has 0 radical (unpaired) electrons. The fourth-order valence-corrected chi connectivity index (χ4v) is 2.31. The van der Waals surface area contributed by atoms with Gasteiger partial charge in [0.1, 0.15) is 12.4 Å². The SMILES string of the molecule is Cc1cccnc1COc1ccc(-c2ccccc2)cc1N. The van der Waals surface area contributed by atoms with E-state index >= 15 is 0 Å². The summed E-state index contributed by atoms with van der Waals surface area (Å²) in [4.78, 5) is 4.32. The zero-order valence-corrected chi connectivity index (χ0v) is 12.5. The molecule has 22 heavy (non-hydrogen) atoms. The van der Waals surface area contributed by atoms with E-state index in [0.717, 1.165) is 22.4 Å². The Morgan fingerprint density at radius 3 is 2.50 bits per heavy atom. The number of aryl methyl sites for hydroxylation is 1. The first kappa shape index (κ1) is 14.1. The number of nitrogen functional groups attached to an aromatic ring is 1. The highest BCUT2D eigenvalue weighted by Gasteiger charge is 2.06. The van der Waals surface area contributed by atoms with Crippen molar-refractivity contribution in [2.75, 3.05) is 5.73 Å². The molecule has 0 aliphatic carbocycles. The van der Waals surface area contributed by atoms with Gasteiger partial charge in [-0.15, -0.1) is 0 Å². The van der Waals surface area contributed by atoms with Crippen LogP contribution in [0.2, 0.25) is 0 Å². The third-order valence-corrected chi connectivity index (χ3v) is 3.60. The first-order chi connectivity index (χ1) is 10.7. The van der Waals surface area contributed by atoms with Crippen LogP contribution in [0, 0.1) is 6.92 Å². The summed E-state index contributed by atoms with van der Waals surface area (Å²) < 4.78 is 5.81. The van der Waals surface area contributed by atoms with Gasteiger partial charge in [0.15, 0.2) is 0 Å². The molecule has 1 aromatic heterocycles. The van der Waals surface area contributed by atoms with Crippen molar-refractivity contribution in [1.29, 1.82) is 0 Å². The number of benzene rings is 2. The quantitative estimate of drug-likeness (QED) is 0.732. The Kier molecular flexibility index (Phi) is 4.05. The normalized spacial score (nSPS) is 10.4. The summed E-state index contributed by atoms with van der Waals surface area (Å²) in [7, 11) is 0. The smallest absolute Gasteiger partial charge is 0.142 e. The van der Waals surface area contributed by atoms with Crippen molar-refractivity contribution in [3.05, 3.63) is 78.1 Å². The minimum Gasteiger partial charge on any atom is -0.485 e. The number of ether oxygens (including phenoxy) is 1.